The molecule has 6 rings (SSSR count). The third kappa shape index (κ3) is 4.21. The van der Waals surface area contributed by atoms with Crippen molar-refractivity contribution in [3.05, 3.63) is 119 Å². The van der Waals surface area contributed by atoms with Crippen LogP contribution in [0.4, 0.5) is 5.95 Å². The predicted molar refractivity (Wildman–Crippen MR) is 144 cm³/mol. The van der Waals surface area contributed by atoms with E-state index in [1.807, 2.05) is 85.8 Å². The van der Waals surface area contributed by atoms with Crippen LogP contribution in [0.2, 0.25) is 0 Å². The fourth-order valence-corrected chi connectivity index (χ4v) is 4.80. The van der Waals surface area contributed by atoms with Gasteiger partial charge in [-0.2, -0.15) is 4.98 Å². The second-order valence-electron chi connectivity index (χ2n) is 9.00. The van der Waals surface area contributed by atoms with Crippen LogP contribution >= 0.6 is 0 Å². The van der Waals surface area contributed by atoms with E-state index in [0.29, 0.717) is 29.6 Å². The fraction of sp³-hybridized carbons (Fsp3) is 0.100. The summed E-state index contributed by atoms with van der Waals surface area (Å²) in [6.07, 6.45) is 0. The maximum Gasteiger partial charge on any atom is 0.248 e. The van der Waals surface area contributed by atoms with Gasteiger partial charge in [0, 0.05) is 11.3 Å². The second-order valence-corrected chi connectivity index (χ2v) is 9.00. The molecule has 0 aliphatic carbocycles. The maximum absolute atomic E-state index is 12.6. The largest absolute Gasteiger partial charge is 0.489 e. The highest BCUT2D eigenvalue weighted by atomic mass is 16.5. The van der Waals surface area contributed by atoms with Gasteiger partial charge in [0.15, 0.2) is 5.82 Å². The Morgan fingerprint density at radius 3 is 2.46 bits per heavy atom. The standard InChI is InChI=1S/C30H25N5O2/c1-19-26(28(31)36)27(22-14-16-23(17-15-22)37-18-20-8-3-2-4-9-20)35-30(32-19)33-29(34-35)25-13-7-11-21-10-5-6-12-24(21)25/h2-17,27H,18H2,1H3,(H2,31,36)(H,32,33,34). The van der Waals surface area contributed by atoms with E-state index in [-0.39, 0.29) is 0 Å². The number of benzene rings is 4. The molecule has 0 fully saturated rings. The Balaban J connectivity index is 1.37. The van der Waals surface area contributed by atoms with E-state index in [4.69, 9.17) is 20.6 Å². The van der Waals surface area contributed by atoms with Gasteiger partial charge in [0.05, 0.1) is 5.57 Å². The van der Waals surface area contributed by atoms with Gasteiger partial charge in [-0.05, 0) is 41.0 Å². The van der Waals surface area contributed by atoms with Gasteiger partial charge in [0.2, 0.25) is 11.9 Å². The first-order chi connectivity index (χ1) is 18.1. The van der Waals surface area contributed by atoms with Gasteiger partial charge in [0.25, 0.3) is 0 Å². The van der Waals surface area contributed by atoms with Gasteiger partial charge in [-0.25, -0.2) is 4.68 Å². The van der Waals surface area contributed by atoms with Crippen LogP contribution in [-0.2, 0) is 11.4 Å². The molecular formula is C30H25N5O2. The molecule has 0 radical (unpaired) electrons. The zero-order valence-electron chi connectivity index (χ0n) is 20.3. The van der Waals surface area contributed by atoms with Crippen LogP contribution in [0.25, 0.3) is 22.2 Å². The number of carbonyl (C=O) groups is 1. The van der Waals surface area contributed by atoms with Crippen LogP contribution in [0.3, 0.4) is 0 Å². The Bertz CT molecular complexity index is 1630. The summed E-state index contributed by atoms with van der Waals surface area (Å²) in [7, 11) is 0. The van der Waals surface area contributed by atoms with Crippen LogP contribution < -0.4 is 15.8 Å². The molecule has 1 atom stereocenters. The molecule has 3 N–H and O–H groups in total. The lowest BCUT2D eigenvalue weighted by Gasteiger charge is -2.27. The minimum atomic E-state index is -0.520. The number of hydrogen-bond acceptors (Lipinski definition) is 5. The normalized spacial score (nSPS) is 14.8. The lowest BCUT2D eigenvalue weighted by atomic mass is 9.95. The van der Waals surface area contributed by atoms with Crippen LogP contribution in [0, 0.1) is 0 Å². The smallest absolute Gasteiger partial charge is 0.248 e. The minimum Gasteiger partial charge on any atom is -0.489 e. The Labute approximate surface area is 214 Å². The van der Waals surface area contributed by atoms with E-state index >= 15 is 0 Å². The number of allylic oxidation sites excluding steroid dienone is 1. The maximum atomic E-state index is 12.6. The van der Waals surface area contributed by atoms with Crippen molar-refractivity contribution in [3.63, 3.8) is 0 Å². The van der Waals surface area contributed by atoms with Crippen LogP contribution in [0.5, 0.6) is 5.75 Å². The molecule has 5 aromatic rings. The van der Waals surface area contributed by atoms with E-state index in [0.717, 1.165) is 33.2 Å². The molecule has 2 heterocycles. The van der Waals surface area contributed by atoms with E-state index in [2.05, 4.69) is 23.5 Å². The molecular weight excluding hydrogens is 462 g/mol. The van der Waals surface area contributed by atoms with Gasteiger partial charge in [-0.15, -0.1) is 5.10 Å². The first-order valence-electron chi connectivity index (χ1n) is 12.1. The number of nitrogens with zero attached hydrogens (tertiary/aromatic N) is 3. The van der Waals surface area contributed by atoms with Crippen molar-refractivity contribution in [1.29, 1.82) is 0 Å². The Kier molecular flexibility index (Phi) is 5.65. The fourth-order valence-electron chi connectivity index (χ4n) is 4.80. The van der Waals surface area contributed by atoms with Crippen LogP contribution in [0.15, 0.2) is 108 Å². The van der Waals surface area contributed by atoms with Crippen molar-refractivity contribution in [1.82, 2.24) is 14.8 Å². The van der Waals surface area contributed by atoms with Gasteiger partial charge in [-0.3, -0.25) is 4.79 Å². The van der Waals surface area contributed by atoms with E-state index in [1.165, 1.54) is 0 Å². The summed E-state index contributed by atoms with van der Waals surface area (Å²) >= 11 is 0. The number of fused-ring (bicyclic) bond motifs is 2. The van der Waals surface area contributed by atoms with Crippen molar-refractivity contribution < 1.29 is 9.53 Å². The highest BCUT2D eigenvalue weighted by Gasteiger charge is 2.33. The summed E-state index contributed by atoms with van der Waals surface area (Å²) < 4.78 is 7.69. The number of rotatable bonds is 6. The number of carbonyl (C=O) groups excluding carboxylic acids is 1. The summed E-state index contributed by atoms with van der Waals surface area (Å²) in [5.41, 5.74) is 9.83. The first kappa shape index (κ1) is 22.5. The molecule has 0 spiro atoms. The summed E-state index contributed by atoms with van der Waals surface area (Å²) in [5, 5.41) is 10.3. The van der Waals surface area contributed by atoms with Gasteiger partial charge in [0.1, 0.15) is 18.4 Å². The molecule has 7 nitrogen and oxygen atoms in total. The number of anilines is 1. The van der Waals surface area contributed by atoms with Crippen LogP contribution in [0.1, 0.15) is 24.1 Å². The van der Waals surface area contributed by atoms with Crippen molar-refractivity contribution in [2.75, 3.05) is 5.32 Å². The summed E-state index contributed by atoms with van der Waals surface area (Å²) in [6.45, 7) is 2.31. The minimum absolute atomic E-state index is 0.444. The van der Waals surface area contributed by atoms with Gasteiger partial charge in [-0.1, -0.05) is 84.9 Å². The molecule has 0 saturated heterocycles. The molecule has 1 aliphatic heterocycles. The molecule has 182 valence electrons. The molecule has 1 aromatic heterocycles. The quantitative estimate of drug-likeness (QED) is 0.332. The molecule has 1 unspecified atom stereocenters. The van der Waals surface area contributed by atoms with Gasteiger partial charge >= 0.3 is 0 Å². The van der Waals surface area contributed by atoms with Crippen molar-refractivity contribution >= 4 is 22.6 Å². The Hall–Kier alpha value is -4.91. The first-order valence-corrected chi connectivity index (χ1v) is 12.1. The lowest BCUT2D eigenvalue weighted by Crippen LogP contribution is -2.31. The molecule has 0 bridgehead atoms. The monoisotopic (exact) mass is 487 g/mol. The summed E-state index contributed by atoms with van der Waals surface area (Å²) in [6, 6.07) is 31.4. The molecule has 7 heteroatoms. The SMILES string of the molecule is CC1=C(C(N)=O)C(c2ccc(OCc3ccccc3)cc2)n2nc(-c3cccc4ccccc34)nc2N1. The summed E-state index contributed by atoms with van der Waals surface area (Å²) in [5.74, 6) is 1.36. The highest BCUT2D eigenvalue weighted by Crippen LogP contribution is 2.37. The van der Waals surface area contributed by atoms with Crippen LogP contribution in [-0.4, -0.2) is 20.7 Å². The van der Waals surface area contributed by atoms with E-state index < -0.39 is 11.9 Å². The second kappa shape index (κ2) is 9.28. The molecule has 1 amide bonds. The zero-order chi connectivity index (χ0) is 25.4. The number of hydrogen-bond donors (Lipinski definition) is 2. The highest BCUT2D eigenvalue weighted by molar-refractivity contribution is 5.96. The van der Waals surface area contributed by atoms with Crippen molar-refractivity contribution in [2.24, 2.45) is 5.73 Å². The number of ether oxygens (including phenoxy) is 1. The predicted octanol–water partition coefficient (Wildman–Crippen LogP) is 5.45. The number of nitrogens with one attached hydrogen (secondary N) is 1. The zero-order valence-corrected chi connectivity index (χ0v) is 20.3. The lowest BCUT2D eigenvalue weighted by molar-refractivity contribution is -0.115. The third-order valence-corrected chi connectivity index (χ3v) is 6.59. The third-order valence-electron chi connectivity index (χ3n) is 6.59. The Morgan fingerprint density at radius 2 is 1.68 bits per heavy atom. The van der Waals surface area contributed by atoms with E-state index in [1.54, 1.807) is 4.68 Å². The topological polar surface area (TPSA) is 95.1 Å². The van der Waals surface area contributed by atoms with Crippen molar-refractivity contribution in [3.8, 4) is 17.1 Å². The molecule has 0 saturated carbocycles. The van der Waals surface area contributed by atoms with Crippen molar-refractivity contribution in [2.45, 2.75) is 19.6 Å². The average molecular weight is 488 g/mol. The number of aromatic nitrogens is 3. The average Bonchev–Trinajstić information content (AvgIpc) is 3.35. The molecule has 37 heavy (non-hydrogen) atoms. The number of primary amides is 1. The number of amides is 1. The van der Waals surface area contributed by atoms with E-state index in [9.17, 15) is 4.79 Å². The summed E-state index contributed by atoms with van der Waals surface area (Å²) in [4.78, 5) is 17.4. The molecule has 1 aliphatic rings. The Morgan fingerprint density at radius 1 is 0.946 bits per heavy atom. The molecule has 4 aromatic carbocycles. The van der Waals surface area contributed by atoms with Gasteiger partial charge < -0.3 is 15.8 Å². The number of nitrogens with two attached hydrogens (primary N) is 1.